The highest BCUT2D eigenvalue weighted by atomic mass is 32.1. The Morgan fingerprint density at radius 2 is 1.79 bits per heavy atom. The summed E-state index contributed by atoms with van der Waals surface area (Å²) in [5.74, 6) is 0. The molecule has 0 spiro atoms. The third-order valence-corrected chi connectivity index (χ3v) is 4.82. The smallest absolute Gasteiger partial charge is 0.0671 e. The van der Waals surface area contributed by atoms with Gasteiger partial charge in [-0.25, -0.2) is 0 Å². The fourth-order valence-corrected chi connectivity index (χ4v) is 3.42. The van der Waals surface area contributed by atoms with E-state index in [2.05, 4.69) is 63.3 Å². The van der Waals surface area contributed by atoms with Gasteiger partial charge in [-0.15, -0.1) is 11.3 Å². The lowest BCUT2D eigenvalue weighted by atomic mass is 10.0. The average Bonchev–Trinajstić information content (AvgIpc) is 2.76. The van der Waals surface area contributed by atoms with Crippen LogP contribution in [0.2, 0.25) is 0 Å². The predicted octanol–water partition coefficient (Wildman–Crippen LogP) is 4.63. The number of aryl methyl sites for hydroxylation is 3. The van der Waals surface area contributed by atoms with Crippen LogP contribution >= 0.6 is 11.3 Å². The van der Waals surface area contributed by atoms with Crippen LogP contribution in [0.1, 0.15) is 46.3 Å². The van der Waals surface area contributed by atoms with Gasteiger partial charge in [0.15, 0.2) is 0 Å². The highest BCUT2D eigenvalue weighted by Crippen LogP contribution is 2.30. The Kier molecular flexibility index (Phi) is 4.78. The first-order valence-electron chi connectivity index (χ1n) is 7.04. The Bertz CT molecular complexity index is 505. The van der Waals surface area contributed by atoms with Crippen molar-refractivity contribution >= 4 is 11.3 Å². The summed E-state index contributed by atoms with van der Waals surface area (Å²) in [5.41, 5.74) is 4.16. The van der Waals surface area contributed by atoms with Crippen LogP contribution in [0.25, 0.3) is 0 Å². The third-order valence-electron chi connectivity index (χ3n) is 3.60. The molecule has 1 atom stereocenters. The number of hydrogen-bond acceptors (Lipinski definition) is 2. The average molecular weight is 273 g/mol. The molecule has 19 heavy (non-hydrogen) atoms. The molecule has 0 aliphatic heterocycles. The molecule has 1 nitrogen and oxygen atoms in total. The van der Waals surface area contributed by atoms with Crippen LogP contribution in [0.3, 0.4) is 0 Å². The van der Waals surface area contributed by atoms with Gasteiger partial charge in [-0.2, -0.15) is 0 Å². The largest absolute Gasteiger partial charge is 0.306 e. The van der Waals surface area contributed by atoms with E-state index in [1.807, 2.05) is 11.3 Å². The van der Waals surface area contributed by atoms with Gasteiger partial charge < -0.3 is 5.32 Å². The highest BCUT2D eigenvalue weighted by molar-refractivity contribution is 7.12. The Morgan fingerprint density at radius 1 is 1.11 bits per heavy atom. The van der Waals surface area contributed by atoms with Crippen molar-refractivity contribution in [3.05, 3.63) is 56.8 Å². The summed E-state index contributed by atoms with van der Waals surface area (Å²) in [6.07, 6.45) is 1.10. The number of hydrogen-bond donors (Lipinski definition) is 1. The first-order chi connectivity index (χ1) is 9.15. The van der Waals surface area contributed by atoms with Gasteiger partial charge in [-0.3, -0.25) is 0 Å². The van der Waals surface area contributed by atoms with Crippen molar-refractivity contribution < 1.29 is 0 Å². The number of thiophene rings is 1. The van der Waals surface area contributed by atoms with E-state index >= 15 is 0 Å². The molecular formula is C17H23NS. The molecule has 1 unspecified atom stereocenters. The van der Waals surface area contributed by atoms with Crippen LogP contribution in [0, 0.1) is 13.8 Å². The second kappa shape index (κ2) is 6.36. The first-order valence-corrected chi connectivity index (χ1v) is 7.86. The minimum Gasteiger partial charge on any atom is -0.306 e. The summed E-state index contributed by atoms with van der Waals surface area (Å²) in [7, 11) is 0. The monoisotopic (exact) mass is 273 g/mol. The second-order valence-corrected chi connectivity index (χ2v) is 6.26. The van der Waals surface area contributed by atoms with Crippen molar-refractivity contribution in [3.8, 4) is 0 Å². The van der Waals surface area contributed by atoms with Crippen LogP contribution in [-0.4, -0.2) is 6.54 Å². The van der Waals surface area contributed by atoms with Gasteiger partial charge in [0.1, 0.15) is 0 Å². The van der Waals surface area contributed by atoms with Crippen molar-refractivity contribution in [3.63, 3.8) is 0 Å². The summed E-state index contributed by atoms with van der Waals surface area (Å²) < 4.78 is 0. The summed E-state index contributed by atoms with van der Waals surface area (Å²) in [6.45, 7) is 9.74. The molecule has 0 amide bonds. The van der Waals surface area contributed by atoms with Crippen molar-refractivity contribution in [1.29, 1.82) is 0 Å². The SMILES string of the molecule is CCNC(c1ccc(CC)cc1)c1cc(C)c(C)s1. The van der Waals surface area contributed by atoms with Gasteiger partial charge in [0, 0.05) is 9.75 Å². The molecule has 0 aliphatic carbocycles. The van der Waals surface area contributed by atoms with E-state index in [1.54, 1.807) is 0 Å². The quantitative estimate of drug-likeness (QED) is 0.837. The van der Waals surface area contributed by atoms with Gasteiger partial charge in [0.2, 0.25) is 0 Å². The maximum atomic E-state index is 3.60. The normalized spacial score (nSPS) is 12.6. The maximum Gasteiger partial charge on any atom is 0.0671 e. The molecule has 0 aliphatic rings. The minimum absolute atomic E-state index is 0.327. The molecule has 2 aromatic rings. The van der Waals surface area contributed by atoms with E-state index in [0.717, 1.165) is 13.0 Å². The molecular weight excluding hydrogens is 250 g/mol. The predicted molar refractivity (Wildman–Crippen MR) is 85.1 cm³/mol. The molecule has 1 aromatic carbocycles. The topological polar surface area (TPSA) is 12.0 Å². The molecule has 102 valence electrons. The molecule has 1 aromatic heterocycles. The van der Waals surface area contributed by atoms with Gasteiger partial charge in [-0.05, 0) is 49.6 Å². The molecule has 0 fully saturated rings. The minimum atomic E-state index is 0.327. The lowest BCUT2D eigenvalue weighted by molar-refractivity contribution is 0.639. The van der Waals surface area contributed by atoms with Crippen LogP contribution in [-0.2, 0) is 6.42 Å². The highest BCUT2D eigenvalue weighted by Gasteiger charge is 2.15. The zero-order valence-electron chi connectivity index (χ0n) is 12.3. The molecule has 0 radical (unpaired) electrons. The summed E-state index contributed by atoms with van der Waals surface area (Å²) >= 11 is 1.90. The van der Waals surface area contributed by atoms with Crippen molar-refractivity contribution in [2.24, 2.45) is 0 Å². The summed E-state index contributed by atoms with van der Waals surface area (Å²) in [5, 5.41) is 3.60. The van der Waals surface area contributed by atoms with Crippen LogP contribution < -0.4 is 5.32 Å². The second-order valence-electron chi connectivity index (χ2n) is 4.97. The summed E-state index contributed by atoms with van der Waals surface area (Å²) in [4.78, 5) is 2.84. The van der Waals surface area contributed by atoms with Crippen LogP contribution in [0.5, 0.6) is 0 Å². The fourth-order valence-electron chi connectivity index (χ4n) is 2.28. The molecule has 0 saturated carbocycles. The number of rotatable bonds is 5. The molecule has 2 rings (SSSR count). The molecule has 0 bridgehead atoms. The van der Waals surface area contributed by atoms with Gasteiger partial charge in [0.25, 0.3) is 0 Å². The first kappa shape index (κ1) is 14.3. The van der Waals surface area contributed by atoms with Gasteiger partial charge in [0.05, 0.1) is 6.04 Å². The maximum absolute atomic E-state index is 3.60. The van der Waals surface area contributed by atoms with Crippen LogP contribution in [0.15, 0.2) is 30.3 Å². The Hall–Kier alpha value is -1.12. The summed E-state index contributed by atoms with van der Waals surface area (Å²) in [6, 6.07) is 11.7. The fraction of sp³-hybridized carbons (Fsp3) is 0.412. The molecule has 1 heterocycles. The van der Waals surface area contributed by atoms with E-state index < -0.39 is 0 Å². The van der Waals surface area contributed by atoms with Crippen molar-refractivity contribution in [2.75, 3.05) is 6.54 Å². The standard InChI is InChI=1S/C17H23NS/c1-5-14-7-9-15(10-8-14)17(18-6-2)16-11-12(3)13(4)19-16/h7-11,17-18H,5-6H2,1-4H3. The zero-order chi connectivity index (χ0) is 13.8. The van der Waals surface area contributed by atoms with Gasteiger partial charge in [-0.1, -0.05) is 38.1 Å². The van der Waals surface area contributed by atoms with E-state index in [0.29, 0.717) is 6.04 Å². The van der Waals surface area contributed by atoms with E-state index in [1.165, 1.54) is 26.4 Å². The van der Waals surface area contributed by atoms with Gasteiger partial charge >= 0.3 is 0 Å². The number of benzene rings is 1. The Morgan fingerprint density at radius 3 is 2.26 bits per heavy atom. The van der Waals surface area contributed by atoms with E-state index in [9.17, 15) is 0 Å². The van der Waals surface area contributed by atoms with E-state index in [4.69, 9.17) is 0 Å². The lowest BCUT2D eigenvalue weighted by Crippen LogP contribution is -2.21. The van der Waals surface area contributed by atoms with Crippen molar-refractivity contribution in [2.45, 2.75) is 40.2 Å². The van der Waals surface area contributed by atoms with E-state index in [-0.39, 0.29) is 0 Å². The Balaban J connectivity index is 2.33. The Labute approximate surface area is 120 Å². The van der Waals surface area contributed by atoms with Crippen molar-refractivity contribution in [1.82, 2.24) is 5.32 Å². The number of nitrogens with one attached hydrogen (secondary N) is 1. The van der Waals surface area contributed by atoms with Crippen LogP contribution in [0.4, 0.5) is 0 Å². The molecule has 2 heteroatoms. The zero-order valence-corrected chi connectivity index (χ0v) is 13.1. The lowest BCUT2D eigenvalue weighted by Gasteiger charge is -2.17. The third kappa shape index (κ3) is 3.26. The molecule has 1 N–H and O–H groups in total. The molecule has 0 saturated heterocycles.